The van der Waals surface area contributed by atoms with Gasteiger partial charge in [-0.05, 0) is 19.1 Å². The van der Waals surface area contributed by atoms with Gasteiger partial charge in [0.05, 0.1) is 22.4 Å². The normalized spacial score (nSPS) is 11.7. The Morgan fingerprint density at radius 2 is 2.04 bits per heavy atom. The molecule has 26 heavy (non-hydrogen) atoms. The number of nitro benzene ring substituents is 1. The van der Waals surface area contributed by atoms with Crippen LogP contribution in [-0.4, -0.2) is 27.5 Å². The first-order valence-corrected chi connectivity index (χ1v) is 7.20. The standard InChI is InChI=1S/C15H16N8O3/c1-9(10-3-2-4-19-8-10)22-26-13-6-11(5-12(7-13)23(24)25)20-15(18)21-14(16)17/h2-8H,1H3,(H6,16,17,18,20,21). The van der Waals surface area contributed by atoms with Gasteiger partial charge in [-0.15, -0.1) is 0 Å². The average Bonchev–Trinajstić information content (AvgIpc) is 2.59. The number of rotatable bonds is 5. The second-order valence-corrected chi connectivity index (χ2v) is 4.96. The van der Waals surface area contributed by atoms with Crippen molar-refractivity contribution in [2.45, 2.75) is 6.92 Å². The monoisotopic (exact) mass is 356 g/mol. The zero-order valence-corrected chi connectivity index (χ0v) is 13.7. The third-order valence-electron chi connectivity index (χ3n) is 2.94. The molecule has 0 saturated heterocycles. The van der Waals surface area contributed by atoms with Crippen LogP contribution in [0.5, 0.6) is 5.75 Å². The summed E-state index contributed by atoms with van der Waals surface area (Å²) in [7, 11) is 0. The summed E-state index contributed by atoms with van der Waals surface area (Å²) in [5, 5.41) is 15.0. The lowest BCUT2D eigenvalue weighted by atomic mass is 10.2. The number of nitrogens with two attached hydrogens (primary N) is 3. The van der Waals surface area contributed by atoms with Crippen LogP contribution in [0.2, 0.25) is 0 Å². The van der Waals surface area contributed by atoms with Crippen molar-refractivity contribution in [3.63, 3.8) is 0 Å². The molecule has 11 nitrogen and oxygen atoms in total. The van der Waals surface area contributed by atoms with Gasteiger partial charge in [-0.2, -0.15) is 4.99 Å². The number of oxime groups is 1. The second kappa shape index (κ2) is 8.19. The number of hydrogen-bond acceptors (Lipinski definition) is 6. The molecule has 134 valence electrons. The minimum absolute atomic E-state index is 0.0960. The molecular formula is C15H16N8O3. The summed E-state index contributed by atoms with van der Waals surface area (Å²) in [6.07, 6.45) is 3.24. The third-order valence-corrected chi connectivity index (χ3v) is 2.94. The topological polar surface area (TPSA) is 180 Å². The molecule has 1 heterocycles. The van der Waals surface area contributed by atoms with Crippen molar-refractivity contribution in [2.24, 2.45) is 32.3 Å². The summed E-state index contributed by atoms with van der Waals surface area (Å²) >= 11 is 0. The number of benzene rings is 1. The van der Waals surface area contributed by atoms with Crippen molar-refractivity contribution in [1.29, 1.82) is 0 Å². The second-order valence-electron chi connectivity index (χ2n) is 4.96. The van der Waals surface area contributed by atoms with E-state index in [-0.39, 0.29) is 29.0 Å². The van der Waals surface area contributed by atoms with Gasteiger partial charge >= 0.3 is 0 Å². The van der Waals surface area contributed by atoms with Gasteiger partial charge in [-0.1, -0.05) is 5.16 Å². The van der Waals surface area contributed by atoms with E-state index in [2.05, 4.69) is 20.1 Å². The van der Waals surface area contributed by atoms with E-state index >= 15 is 0 Å². The highest BCUT2D eigenvalue weighted by Crippen LogP contribution is 2.28. The Balaban J connectivity index is 2.33. The van der Waals surface area contributed by atoms with E-state index in [0.29, 0.717) is 5.71 Å². The van der Waals surface area contributed by atoms with Crippen LogP contribution in [0.4, 0.5) is 11.4 Å². The van der Waals surface area contributed by atoms with Crippen molar-refractivity contribution >= 4 is 29.0 Å². The number of non-ortho nitro benzene ring substituents is 1. The number of pyridine rings is 1. The lowest BCUT2D eigenvalue weighted by molar-refractivity contribution is -0.384. The predicted molar refractivity (Wildman–Crippen MR) is 97.3 cm³/mol. The Bertz CT molecular complexity index is 889. The van der Waals surface area contributed by atoms with Crippen LogP contribution in [-0.2, 0) is 0 Å². The number of aliphatic imine (C=N–C) groups is 2. The molecule has 0 aliphatic heterocycles. The molecule has 0 amide bonds. The zero-order valence-electron chi connectivity index (χ0n) is 13.7. The van der Waals surface area contributed by atoms with Crippen LogP contribution in [0.25, 0.3) is 0 Å². The van der Waals surface area contributed by atoms with E-state index in [1.165, 1.54) is 18.2 Å². The maximum atomic E-state index is 11.1. The fraction of sp³-hybridized carbons (Fsp3) is 0.0667. The van der Waals surface area contributed by atoms with Crippen LogP contribution in [0, 0.1) is 10.1 Å². The molecule has 0 atom stereocenters. The summed E-state index contributed by atoms with van der Waals surface area (Å²) in [5.41, 5.74) is 17.1. The zero-order chi connectivity index (χ0) is 19.1. The molecule has 0 aliphatic rings. The molecular weight excluding hydrogens is 340 g/mol. The molecule has 0 spiro atoms. The van der Waals surface area contributed by atoms with Crippen molar-refractivity contribution in [1.82, 2.24) is 4.98 Å². The van der Waals surface area contributed by atoms with Gasteiger partial charge in [0, 0.05) is 30.1 Å². The van der Waals surface area contributed by atoms with Gasteiger partial charge in [-0.25, -0.2) is 4.99 Å². The fourth-order valence-corrected chi connectivity index (χ4v) is 1.83. The van der Waals surface area contributed by atoms with E-state index in [1.54, 1.807) is 31.5 Å². The Morgan fingerprint density at radius 3 is 2.65 bits per heavy atom. The first kappa shape index (κ1) is 18.3. The lowest BCUT2D eigenvalue weighted by Crippen LogP contribution is -2.26. The van der Waals surface area contributed by atoms with E-state index in [9.17, 15) is 10.1 Å². The Morgan fingerprint density at radius 1 is 1.27 bits per heavy atom. The SMILES string of the molecule is CC(=NOc1cc(N=C(N)N=C(N)N)cc([N+](=O)[O-])c1)c1cccnc1. The fourth-order valence-electron chi connectivity index (χ4n) is 1.83. The van der Waals surface area contributed by atoms with Crippen LogP contribution >= 0.6 is 0 Å². The molecule has 0 aliphatic carbocycles. The number of nitro groups is 1. The highest BCUT2D eigenvalue weighted by Gasteiger charge is 2.11. The summed E-state index contributed by atoms with van der Waals surface area (Å²) in [4.78, 5) is 27.2. The van der Waals surface area contributed by atoms with Crippen LogP contribution in [0.3, 0.4) is 0 Å². The molecule has 0 radical (unpaired) electrons. The van der Waals surface area contributed by atoms with Gasteiger partial charge in [-0.3, -0.25) is 15.1 Å². The van der Waals surface area contributed by atoms with Gasteiger partial charge in [0.25, 0.3) is 5.69 Å². The maximum absolute atomic E-state index is 11.1. The first-order valence-electron chi connectivity index (χ1n) is 7.20. The number of guanidine groups is 2. The molecule has 2 rings (SSSR count). The molecule has 11 heteroatoms. The minimum Gasteiger partial charge on any atom is -0.370 e. The molecule has 6 N–H and O–H groups in total. The summed E-state index contributed by atoms with van der Waals surface area (Å²) < 4.78 is 0. The Labute approximate surface area is 148 Å². The highest BCUT2D eigenvalue weighted by atomic mass is 16.6. The molecule has 0 fully saturated rings. The van der Waals surface area contributed by atoms with Crippen molar-refractivity contribution in [2.75, 3.05) is 0 Å². The molecule has 0 unspecified atom stereocenters. The minimum atomic E-state index is -0.597. The van der Waals surface area contributed by atoms with Crippen molar-refractivity contribution < 1.29 is 9.76 Å². The molecule has 0 bridgehead atoms. The van der Waals surface area contributed by atoms with Gasteiger partial charge in [0.2, 0.25) is 5.96 Å². The van der Waals surface area contributed by atoms with E-state index in [4.69, 9.17) is 22.0 Å². The van der Waals surface area contributed by atoms with Gasteiger partial charge < -0.3 is 22.0 Å². The Hall–Kier alpha value is -4.02. The summed E-state index contributed by atoms with van der Waals surface area (Å²) in [5.74, 6) is -0.449. The quantitative estimate of drug-likeness (QED) is 0.309. The number of nitrogens with zero attached hydrogens (tertiary/aromatic N) is 5. The van der Waals surface area contributed by atoms with Crippen molar-refractivity contribution in [3.05, 3.63) is 58.4 Å². The number of hydrogen-bond donors (Lipinski definition) is 3. The van der Waals surface area contributed by atoms with Gasteiger partial charge in [0.15, 0.2) is 11.7 Å². The largest absolute Gasteiger partial charge is 0.370 e. The summed E-state index contributed by atoms with van der Waals surface area (Å²) in [6, 6.07) is 7.35. The third kappa shape index (κ3) is 5.26. The van der Waals surface area contributed by atoms with E-state index in [0.717, 1.165) is 5.56 Å². The predicted octanol–water partition coefficient (Wildman–Crippen LogP) is 1.01. The van der Waals surface area contributed by atoms with Crippen molar-refractivity contribution in [3.8, 4) is 5.75 Å². The first-order chi connectivity index (χ1) is 12.3. The maximum Gasteiger partial charge on any atom is 0.275 e. The van der Waals surface area contributed by atoms with Gasteiger partial charge in [0.1, 0.15) is 0 Å². The van der Waals surface area contributed by atoms with Crippen LogP contribution < -0.4 is 22.0 Å². The molecule has 0 saturated carbocycles. The van der Waals surface area contributed by atoms with Crippen LogP contribution in [0.15, 0.2) is 57.9 Å². The average molecular weight is 356 g/mol. The number of aromatic nitrogens is 1. The Kier molecular flexibility index (Phi) is 5.77. The molecule has 1 aromatic heterocycles. The molecule has 2 aromatic rings. The lowest BCUT2D eigenvalue weighted by Gasteiger charge is -2.03. The highest BCUT2D eigenvalue weighted by molar-refractivity contribution is 5.98. The van der Waals surface area contributed by atoms with E-state index in [1.807, 2.05) is 0 Å². The smallest absolute Gasteiger partial charge is 0.275 e. The summed E-state index contributed by atoms with van der Waals surface area (Å²) in [6.45, 7) is 1.71. The van der Waals surface area contributed by atoms with E-state index < -0.39 is 4.92 Å². The van der Waals surface area contributed by atoms with Crippen LogP contribution in [0.1, 0.15) is 12.5 Å². The molecule has 1 aromatic carbocycles.